The third kappa shape index (κ3) is 4.47. The maximum absolute atomic E-state index is 16.0. The van der Waals surface area contributed by atoms with Crippen molar-refractivity contribution >= 4 is 46.6 Å². The Morgan fingerprint density at radius 3 is 2.57 bits per heavy atom. The third-order valence-electron chi connectivity index (χ3n) is 9.78. The Morgan fingerprint density at radius 2 is 1.90 bits per heavy atom. The summed E-state index contributed by atoms with van der Waals surface area (Å²) in [6, 6.07) is 1.64. The fourth-order valence-electron chi connectivity index (χ4n) is 7.59. The molecular weight excluding hydrogens is 586 g/mol. The van der Waals surface area contributed by atoms with E-state index in [4.69, 9.17) is 33.7 Å². The van der Waals surface area contributed by atoms with E-state index < -0.39 is 52.7 Å². The molecule has 1 unspecified atom stereocenters. The van der Waals surface area contributed by atoms with Gasteiger partial charge in [-0.3, -0.25) is 19.7 Å². The monoisotopic (exact) mass is 618 g/mol. The summed E-state index contributed by atoms with van der Waals surface area (Å²) in [5, 5.41) is 9.46. The lowest BCUT2D eigenvalue weighted by atomic mass is 9.53. The number of fused-ring (bicyclic) bond motifs is 3. The molecule has 224 valence electrons. The molecule has 3 fully saturated rings. The molecule has 13 heteroatoms. The van der Waals surface area contributed by atoms with Gasteiger partial charge in [-0.2, -0.15) is 0 Å². The van der Waals surface area contributed by atoms with E-state index in [0.717, 1.165) is 12.8 Å². The predicted molar refractivity (Wildman–Crippen MR) is 154 cm³/mol. The molecule has 10 nitrogen and oxygen atoms in total. The highest BCUT2D eigenvalue weighted by Crippen LogP contribution is 2.63. The number of pyridine rings is 2. The molecule has 1 saturated carbocycles. The van der Waals surface area contributed by atoms with Crippen LogP contribution in [0.15, 0.2) is 24.5 Å². The first-order valence-electron chi connectivity index (χ1n) is 14.1. The number of halogens is 3. The third-order valence-corrected chi connectivity index (χ3v) is 10.2. The molecule has 0 bridgehead atoms. The van der Waals surface area contributed by atoms with Crippen LogP contribution in [0.5, 0.6) is 0 Å². The molecule has 4 aliphatic rings. The predicted octanol–water partition coefficient (Wildman–Crippen LogP) is 3.36. The first-order chi connectivity index (χ1) is 19.9. The van der Waals surface area contributed by atoms with Crippen LogP contribution in [-0.4, -0.2) is 58.0 Å². The standard InChI is InChI=1S/C29H33Cl2FN6O4/c1-27(2)6-8-28(9-7-27)29(16-12-35-19(30)11-17(16)37-26(29)41)20(15-5-10-34-23(31)21(15)32)22(38-28)25(40)36-14-3-4-18(24(33)39)42-13-14/h5,10-12,14,18,20,22,38H,3-4,6-9,13H2,1-2H3,(H2,33,39)(H,36,40)(H,37,41)/t14-,18+,20+,22-,29?/m1/s1. The van der Waals surface area contributed by atoms with Crippen LogP contribution in [0.4, 0.5) is 10.1 Å². The molecule has 5 atom stereocenters. The van der Waals surface area contributed by atoms with Crippen LogP contribution in [0.3, 0.4) is 0 Å². The van der Waals surface area contributed by atoms with Gasteiger partial charge in [-0.15, -0.1) is 0 Å². The number of amides is 3. The van der Waals surface area contributed by atoms with E-state index in [0.29, 0.717) is 36.9 Å². The zero-order valence-electron chi connectivity index (χ0n) is 23.3. The van der Waals surface area contributed by atoms with Crippen molar-refractivity contribution < 1.29 is 23.5 Å². The van der Waals surface area contributed by atoms with Crippen LogP contribution < -0.4 is 21.7 Å². The smallest absolute Gasteiger partial charge is 0.246 e. The molecule has 3 aliphatic heterocycles. The van der Waals surface area contributed by atoms with E-state index in [2.05, 4.69) is 39.8 Å². The van der Waals surface area contributed by atoms with Crippen molar-refractivity contribution in [3.8, 4) is 0 Å². The van der Waals surface area contributed by atoms with Gasteiger partial charge in [-0.05, 0) is 61.6 Å². The van der Waals surface area contributed by atoms with Crippen molar-refractivity contribution in [1.29, 1.82) is 0 Å². The summed E-state index contributed by atoms with van der Waals surface area (Å²) in [6.07, 6.45) is 5.74. The van der Waals surface area contributed by atoms with E-state index in [1.165, 1.54) is 12.3 Å². The van der Waals surface area contributed by atoms with E-state index in [9.17, 15) is 14.4 Å². The van der Waals surface area contributed by atoms with Gasteiger partial charge in [0.2, 0.25) is 17.7 Å². The Hall–Kier alpha value is -2.86. The lowest BCUT2D eigenvalue weighted by Crippen LogP contribution is -2.61. The van der Waals surface area contributed by atoms with Crippen LogP contribution in [0.25, 0.3) is 0 Å². The SMILES string of the molecule is CC1(C)CCC2(CC1)N[C@@H](C(=O)N[C@@H]1CC[C@@H](C(N)=O)OC1)[C@H](c1ccnc(Cl)c1F)C21C(=O)Nc2cc(Cl)ncc21. The number of ether oxygens (including phenoxy) is 1. The lowest BCUT2D eigenvalue weighted by molar-refractivity contribution is -0.134. The Bertz CT molecular complexity index is 1460. The molecule has 0 aromatic carbocycles. The second-order valence-electron chi connectivity index (χ2n) is 12.7. The minimum Gasteiger partial charge on any atom is -0.367 e. The molecule has 1 aliphatic carbocycles. The number of primary amides is 1. The van der Waals surface area contributed by atoms with E-state index in [1.54, 1.807) is 12.3 Å². The summed E-state index contributed by atoms with van der Waals surface area (Å²) >= 11 is 12.4. The quantitative estimate of drug-likeness (QED) is 0.384. The number of nitrogens with zero attached hydrogens (tertiary/aromatic N) is 2. The van der Waals surface area contributed by atoms with E-state index in [1.807, 2.05) is 0 Å². The second-order valence-corrected chi connectivity index (χ2v) is 13.4. The number of hydrogen-bond donors (Lipinski definition) is 4. The van der Waals surface area contributed by atoms with Crippen LogP contribution in [0, 0.1) is 11.2 Å². The van der Waals surface area contributed by atoms with Crippen LogP contribution >= 0.6 is 23.2 Å². The number of carbonyl (C=O) groups excluding carboxylic acids is 3. The molecule has 2 saturated heterocycles. The second kappa shape index (κ2) is 10.4. The van der Waals surface area contributed by atoms with Crippen LogP contribution in [0.2, 0.25) is 10.3 Å². The van der Waals surface area contributed by atoms with E-state index in [-0.39, 0.29) is 33.8 Å². The Balaban J connectivity index is 1.49. The maximum Gasteiger partial charge on any atom is 0.246 e. The van der Waals surface area contributed by atoms with Crippen molar-refractivity contribution in [3.63, 3.8) is 0 Å². The number of rotatable bonds is 4. The summed E-state index contributed by atoms with van der Waals surface area (Å²) < 4.78 is 21.5. The number of nitrogens with one attached hydrogen (secondary N) is 3. The molecule has 42 heavy (non-hydrogen) atoms. The van der Waals surface area contributed by atoms with Gasteiger partial charge in [-0.25, -0.2) is 14.4 Å². The van der Waals surface area contributed by atoms with E-state index >= 15 is 4.39 Å². The van der Waals surface area contributed by atoms with Gasteiger partial charge in [0.05, 0.1) is 18.7 Å². The normalized spacial score (nSPS) is 31.1. The summed E-state index contributed by atoms with van der Waals surface area (Å²) in [4.78, 5) is 48.4. The fraction of sp³-hybridized carbons (Fsp3) is 0.552. The summed E-state index contributed by atoms with van der Waals surface area (Å²) in [7, 11) is 0. The molecule has 5 heterocycles. The van der Waals surface area contributed by atoms with Gasteiger partial charge in [0.25, 0.3) is 0 Å². The highest BCUT2D eigenvalue weighted by atomic mass is 35.5. The Morgan fingerprint density at radius 1 is 1.17 bits per heavy atom. The maximum atomic E-state index is 16.0. The zero-order chi connectivity index (χ0) is 30.0. The molecule has 3 amide bonds. The fourth-order valence-corrected chi connectivity index (χ4v) is 7.92. The molecule has 2 aromatic rings. The molecule has 2 spiro atoms. The zero-order valence-corrected chi connectivity index (χ0v) is 24.8. The highest BCUT2D eigenvalue weighted by Gasteiger charge is 2.73. The van der Waals surface area contributed by atoms with Crippen LogP contribution in [-0.2, 0) is 24.5 Å². The van der Waals surface area contributed by atoms with Gasteiger partial charge in [0.1, 0.15) is 16.7 Å². The first kappa shape index (κ1) is 29.2. The summed E-state index contributed by atoms with van der Waals surface area (Å²) in [6.45, 7) is 4.46. The molecule has 2 aromatic heterocycles. The summed E-state index contributed by atoms with van der Waals surface area (Å²) in [5.74, 6) is -3.11. The molecule has 0 radical (unpaired) electrons. The molecule has 6 rings (SSSR count). The van der Waals surface area contributed by atoms with Gasteiger partial charge in [0, 0.05) is 35.1 Å². The minimum absolute atomic E-state index is 0.0156. The lowest BCUT2D eigenvalue weighted by Gasteiger charge is -2.50. The Kier molecular flexibility index (Phi) is 7.23. The summed E-state index contributed by atoms with van der Waals surface area (Å²) in [5.41, 5.74) is 4.22. The Labute approximate surface area is 252 Å². The molecular formula is C29H33Cl2FN6O4. The van der Waals surface area contributed by atoms with Crippen molar-refractivity contribution in [3.05, 3.63) is 51.8 Å². The topological polar surface area (TPSA) is 148 Å². The number of anilines is 1. The molecule has 5 N–H and O–H groups in total. The average molecular weight is 620 g/mol. The van der Waals surface area contributed by atoms with Gasteiger partial charge < -0.3 is 21.1 Å². The van der Waals surface area contributed by atoms with Gasteiger partial charge in [-0.1, -0.05) is 37.0 Å². The van der Waals surface area contributed by atoms with Crippen molar-refractivity contribution in [2.75, 3.05) is 11.9 Å². The van der Waals surface area contributed by atoms with Crippen LogP contribution in [0.1, 0.15) is 69.4 Å². The van der Waals surface area contributed by atoms with Gasteiger partial charge >= 0.3 is 0 Å². The average Bonchev–Trinajstić information content (AvgIpc) is 3.40. The van der Waals surface area contributed by atoms with Crippen molar-refractivity contribution in [1.82, 2.24) is 20.6 Å². The number of carbonyl (C=O) groups is 3. The first-order valence-corrected chi connectivity index (χ1v) is 14.9. The van der Waals surface area contributed by atoms with Gasteiger partial charge in [0.15, 0.2) is 11.0 Å². The van der Waals surface area contributed by atoms with Crippen molar-refractivity contribution in [2.24, 2.45) is 11.1 Å². The number of hydrogen-bond acceptors (Lipinski definition) is 7. The minimum atomic E-state index is -1.41. The highest BCUT2D eigenvalue weighted by molar-refractivity contribution is 6.30. The largest absolute Gasteiger partial charge is 0.367 e. The van der Waals surface area contributed by atoms with Crippen molar-refractivity contribution in [2.45, 2.75) is 87.4 Å². The number of nitrogens with two attached hydrogens (primary N) is 1. The number of aromatic nitrogens is 2.